The first-order valence-electron chi connectivity index (χ1n) is 7.97. The third-order valence-corrected chi connectivity index (χ3v) is 4.69. The van der Waals surface area contributed by atoms with E-state index in [2.05, 4.69) is 41.9 Å². The number of aryl methyl sites for hydroxylation is 3. The number of esters is 1. The Morgan fingerprint density at radius 2 is 1.88 bits per heavy atom. The van der Waals surface area contributed by atoms with Crippen LogP contribution in [0.2, 0.25) is 0 Å². The normalized spacial score (nSPS) is 11.5. The van der Waals surface area contributed by atoms with Crippen LogP contribution in [0.25, 0.3) is 32.6 Å². The van der Waals surface area contributed by atoms with Crippen molar-refractivity contribution in [1.29, 1.82) is 0 Å². The van der Waals surface area contributed by atoms with E-state index in [1.165, 1.54) is 34.2 Å². The number of hydrogen-bond donors (Lipinski definition) is 1. The summed E-state index contributed by atoms with van der Waals surface area (Å²) in [5.41, 5.74) is 4.65. The third kappa shape index (κ3) is 2.07. The first kappa shape index (κ1) is 14.7. The SMILES string of the molecule is CC(=O)Oc1ccc2[nH]c3c(C)c4cc[n+](C)cc4c(C)c3c2c1. The van der Waals surface area contributed by atoms with E-state index >= 15 is 0 Å². The van der Waals surface area contributed by atoms with Crippen LogP contribution in [-0.4, -0.2) is 11.0 Å². The zero-order valence-corrected chi connectivity index (χ0v) is 14.2. The second-order valence-corrected chi connectivity index (χ2v) is 6.36. The van der Waals surface area contributed by atoms with Gasteiger partial charge in [-0.2, -0.15) is 0 Å². The number of rotatable bonds is 1. The Kier molecular flexibility index (Phi) is 3.10. The number of fused-ring (bicyclic) bond motifs is 4. The van der Waals surface area contributed by atoms with Crippen molar-refractivity contribution in [2.45, 2.75) is 20.8 Å². The maximum absolute atomic E-state index is 11.3. The van der Waals surface area contributed by atoms with Gasteiger partial charge in [-0.15, -0.1) is 0 Å². The molecular formula is C20H19N2O2+. The average Bonchev–Trinajstić information content (AvgIpc) is 2.91. The summed E-state index contributed by atoms with van der Waals surface area (Å²) in [4.78, 5) is 14.8. The molecule has 120 valence electrons. The van der Waals surface area contributed by atoms with Gasteiger partial charge in [-0.1, -0.05) is 0 Å². The Hall–Kier alpha value is -2.88. The lowest BCUT2D eigenvalue weighted by Gasteiger charge is -2.08. The molecule has 4 nitrogen and oxygen atoms in total. The number of nitrogens with one attached hydrogen (secondary N) is 1. The van der Waals surface area contributed by atoms with Crippen molar-refractivity contribution in [2.75, 3.05) is 0 Å². The lowest BCUT2D eigenvalue weighted by molar-refractivity contribution is -0.670. The molecule has 0 atom stereocenters. The van der Waals surface area contributed by atoms with Gasteiger partial charge in [-0.05, 0) is 48.6 Å². The largest absolute Gasteiger partial charge is 0.427 e. The van der Waals surface area contributed by atoms with Crippen molar-refractivity contribution in [3.63, 3.8) is 0 Å². The summed E-state index contributed by atoms with van der Waals surface area (Å²) in [6, 6.07) is 7.89. The summed E-state index contributed by atoms with van der Waals surface area (Å²) >= 11 is 0. The fourth-order valence-corrected chi connectivity index (χ4v) is 3.56. The lowest BCUT2D eigenvalue weighted by Crippen LogP contribution is -2.26. The number of hydrogen-bond acceptors (Lipinski definition) is 2. The van der Waals surface area contributed by atoms with Gasteiger partial charge in [-0.25, -0.2) is 4.57 Å². The van der Waals surface area contributed by atoms with Gasteiger partial charge in [-0.3, -0.25) is 4.79 Å². The molecule has 0 aliphatic heterocycles. The highest BCUT2D eigenvalue weighted by atomic mass is 16.5. The number of H-pyrrole nitrogens is 1. The Balaban J connectivity index is 2.15. The van der Waals surface area contributed by atoms with Gasteiger partial charge in [0.25, 0.3) is 0 Å². The molecule has 0 aliphatic carbocycles. The van der Waals surface area contributed by atoms with E-state index in [9.17, 15) is 4.79 Å². The van der Waals surface area contributed by atoms with E-state index in [1.807, 2.05) is 25.2 Å². The van der Waals surface area contributed by atoms with Crippen molar-refractivity contribution in [1.82, 2.24) is 4.98 Å². The zero-order valence-electron chi connectivity index (χ0n) is 14.2. The van der Waals surface area contributed by atoms with Crippen LogP contribution < -0.4 is 9.30 Å². The van der Waals surface area contributed by atoms with Crippen molar-refractivity contribution < 1.29 is 14.1 Å². The molecule has 0 saturated carbocycles. The van der Waals surface area contributed by atoms with Crippen LogP contribution in [0.1, 0.15) is 18.1 Å². The van der Waals surface area contributed by atoms with Gasteiger partial charge in [0.05, 0.1) is 5.52 Å². The van der Waals surface area contributed by atoms with Gasteiger partial charge in [0.1, 0.15) is 12.8 Å². The molecule has 0 saturated heterocycles. The molecule has 4 rings (SSSR count). The molecule has 1 N–H and O–H groups in total. The summed E-state index contributed by atoms with van der Waals surface area (Å²) in [5.74, 6) is 0.270. The molecule has 2 heterocycles. The molecule has 0 amide bonds. The number of nitrogens with zero attached hydrogens (tertiary/aromatic N) is 1. The van der Waals surface area contributed by atoms with E-state index in [-0.39, 0.29) is 5.97 Å². The summed E-state index contributed by atoms with van der Waals surface area (Å²) in [7, 11) is 2.03. The molecule has 24 heavy (non-hydrogen) atoms. The Bertz CT molecular complexity index is 1140. The molecule has 0 radical (unpaired) electrons. The third-order valence-electron chi connectivity index (χ3n) is 4.69. The maximum Gasteiger partial charge on any atom is 0.308 e. The van der Waals surface area contributed by atoms with Crippen LogP contribution in [0.15, 0.2) is 36.7 Å². The zero-order chi connectivity index (χ0) is 17.0. The maximum atomic E-state index is 11.3. The number of ether oxygens (including phenoxy) is 1. The van der Waals surface area contributed by atoms with Crippen LogP contribution in [-0.2, 0) is 11.8 Å². The van der Waals surface area contributed by atoms with Crippen molar-refractivity contribution in [2.24, 2.45) is 7.05 Å². The van der Waals surface area contributed by atoms with Gasteiger partial charge < -0.3 is 9.72 Å². The molecule has 2 aromatic carbocycles. The molecule has 2 aromatic heterocycles. The number of pyridine rings is 1. The van der Waals surface area contributed by atoms with E-state index in [0.29, 0.717) is 5.75 Å². The van der Waals surface area contributed by atoms with E-state index in [0.717, 1.165) is 16.4 Å². The standard InChI is InChI=1S/C20H18N2O2/c1-11-17-10-22(4)8-7-15(17)12(2)20-19(11)16-9-14(24-13(3)23)5-6-18(16)21-20/h5-10H,1-4H3/p+1. The number of carbonyl (C=O) groups excluding carboxylic acids is 1. The van der Waals surface area contributed by atoms with E-state index in [1.54, 1.807) is 0 Å². The average molecular weight is 319 g/mol. The minimum absolute atomic E-state index is 0.306. The first-order valence-corrected chi connectivity index (χ1v) is 7.97. The fourth-order valence-electron chi connectivity index (χ4n) is 3.56. The predicted molar refractivity (Wildman–Crippen MR) is 95.3 cm³/mol. The number of carbonyl (C=O) groups is 1. The Morgan fingerprint density at radius 1 is 1.08 bits per heavy atom. The monoisotopic (exact) mass is 319 g/mol. The van der Waals surface area contributed by atoms with E-state index < -0.39 is 0 Å². The summed E-state index contributed by atoms with van der Waals surface area (Å²) in [5, 5.41) is 4.77. The van der Waals surface area contributed by atoms with Crippen LogP contribution >= 0.6 is 0 Å². The second-order valence-electron chi connectivity index (χ2n) is 6.36. The van der Waals surface area contributed by atoms with Crippen LogP contribution in [0.3, 0.4) is 0 Å². The van der Waals surface area contributed by atoms with Crippen molar-refractivity contribution in [3.05, 3.63) is 47.8 Å². The molecule has 4 aromatic rings. The highest BCUT2D eigenvalue weighted by molar-refractivity contribution is 6.16. The number of benzene rings is 2. The van der Waals surface area contributed by atoms with Crippen molar-refractivity contribution in [3.8, 4) is 5.75 Å². The lowest BCUT2D eigenvalue weighted by atomic mass is 9.97. The van der Waals surface area contributed by atoms with Crippen LogP contribution in [0, 0.1) is 13.8 Å². The smallest absolute Gasteiger partial charge is 0.308 e. The van der Waals surface area contributed by atoms with Gasteiger partial charge in [0, 0.05) is 34.7 Å². The van der Waals surface area contributed by atoms with E-state index in [4.69, 9.17) is 4.74 Å². The Labute approximate surface area is 139 Å². The fraction of sp³-hybridized carbons (Fsp3) is 0.200. The topological polar surface area (TPSA) is 46.0 Å². The van der Waals surface area contributed by atoms with Gasteiger partial charge in [0.15, 0.2) is 12.4 Å². The highest BCUT2D eigenvalue weighted by Gasteiger charge is 2.16. The van der Waals surface area contributed by atoms with Crippen LogP contribution in [0.5, 0.6) is 5.75 Å². The summed E-state index contributed by atoms with van der Waals surface area (Å²) in [6.07, 6.45) is 4.23. The highest BCUT2D eigenvalue weighted by Crippen LogP contribution is 2.37. The molecule has 0 aliphatic rings. The minimum atomic E-state index is -0.306. The summed E-state index contributed by atoms with van der Waals surface area (Å²) < 4.78 is 7.33. The molecular weight excluding hydrogens is 300 g/mol. The first-order chi connectivity index (χ1) is 11.5. The van der Waals surface area contributed by atoms with Gasteiger partial charge >= 0.3 is 5.97 Å². The predicted octanol–water partition coefficient (Wildman–Crippen LogP) is 3.84. The molecule has 0 fully saturated rings. The molecule has 0 unspecified atom stereocenters. The molecule has 4 heteroatoms. The Morgan fingerprint density at radius 3 is 2.62 bits per heavy atom. The molecule has 0 bridgehead atoms. The quantitative estimate of drug-likeness (QED) is 0.329. The second kappa shape index (κ2) is 5.06. The van der Waals surface area contributed by atoms with Crippen LogP contribution in [0.4, 0.5) is 0 Å². The number of aromatic nitrogens is 2. The minimum Gasteiger partial charge on any atom is -0.427 e. The van der Waals surface area contributed by atoms with Gasteiger partial charge in [0.2, 0.25) is 0 Å². The number of aromatic amines is 1. The molecule has 0 spiro atoms. The van der Waals surface area contributed by atoms with Crippen molar-refractivity contribution >= 4 is 38.5 Å². The summed E-state index contributed by atoms with van der Waals surface area (Å²) in [6.45, 7) is 5.71.